The molecule has 3 amide bonds. The molecule has 1 unspecified atom stereocenters. The number of hydrogen-bond donors (Lipinski definition) is 2. The molecule has 16 heteroatoms. The number of imidazole rings is 1. The number of piperidine rings is 3. The summed E-state index contributed by atoms with van der Waals surface area (Å²) in [7, 11) is 1.76. The molecule has 2 aromatic carbocycles. The summed E-state index contributed by atoms with van der Waals surface area (Å²) in [5, 5.41) is 10.4. The number of hydrogen-bond acceptors (Lipinski definition) is 8. The van der Waals surface area contributed by atoms with Gasteiger partial charge in [0.15, 0.2) is 0 Å². The molecule has 9 rings (SSSR count). The quantitative estimate of drug-likeness (QED) is 0.127. The molecule has 0 bridgehead atoms. The maximum absolute atomic E-state index is 14.2. The van der Waals surface area contributed by atoms with Crippen LogP contribution in [0.4, 0.5) is 25.8 Å². The summed E-state index contributed by atoms with van der Waals surface area (Å²) >= 11 is 0. The van der Waals surface area contributed by atoms with Gasteiger partial charge in [0.1, 0.15) is 6.04 Å². The topological polar surface area (TPSA) is 144 Å². The number of benzene rings is 2. The van der Waals surface area contributed by atoms with E-state index >= 15 is 0 Å². The Morgan fingerprint density at radius 1 is 1.00 bits per heavy atom. The average molecular weight is 819 g/mol. The lowest BCUT2D eigenvalue weighted by molar-refractivity contribution is -0.135. The van der Waals surface area contributed by atoms with E-state index < -0.39 is 24.3 Å². The number of fused-ring (bicyclic) bond motifs is 2. The zero-order chi connectivity index (χ0) is 41.7. The summed E-state index contributed by atoms with van der Waals surface area (Å²) in [4.78, 5) is 63.2. The number of para-hydroxylation sites is 1. The second-order valence-electron chi connectivity index (χ2n) is 17.2. The minimum atomic E-state index is -2.82. The fraction of sp³-hybridized carbons (Fsp3) is 0.477. The molecule has 3 aromatic heterocycles. The molecule has 4 aliphatic rings. The molecule has 3 saturated heterocycles. The first kappa shape index (κ1) is 39.5. The third kappa shape index (κ3) is 7.44. The first-order chi connectivity index (χ1) is 29.0. The van der Waals surface area contributed by atoms with Crippen LogP contribution >= 0.6 is 0 Å². The van der Waals surface area contributed by atoms with Crippen LogP contribution < -0.4 is 21.2 Å². The predicted octanol–water partition coefficient (Wildman–Crippen LogP) is 6.92. The highest BCUT2D eigenvalue weighted by molar-refractivity contribution is 6.06. The van der Waals surface area contributed by atoms with Gasteiger partial charge in [0.05, 0.1) is 40.5 Å². The third-order valence-electron chi connectivity index (χ3n) is 13.7. The van der Waals surface area contributed by atoms with Gasteiger partial charge in [0, 0.05) is 68.2 Å². The van der Waals surface area contributed by atoms with E-state index in [1.807, 2.05) is 23.0 Å². The number of rotatable bonds is 8. The maximum Gasteiger partial charge on any atom is 0.329 e. The highest BCUT2D eigenvalue weighted by Crippen LogP contribution is 2.44. The van der Waals surface area contributed by atoms with Crippen LogP contribution in [0.2, 0.25) is 0 Å². The second-order valence-corrected chi connectivity index (χ2v) is 17.2. The molecule has 0 radical (unpaired) electrons. The van der Waals surface area contributed by atoms with E-state index in [-0.39, 0.29) is 46.6 Å². The number of anilines is 2. The Balaban J connectivity index is 0.783. The van der Waals surface area contributed by atoms with Crippen molar-refractivity contribution in [1.29, 1.82) is 0 Å². The first-order valence-corrected chi connectivity index (χ1v) is 20.9. The van der Waals surface area contributed by atoms with Gasteiger partial charge in [0.2, 0.25) is 17.5 Å². The normalized spacial score (nSPS) is 22.4. The molecule has 312 valence electrons. The first-order valence-electron chi connectivity index (χ1n) is 20.9. The fourth-order valence-corrected chi connectivity index (χ4v) is 10.2. The predicted molar refractivity (Wildman–Crippen MR) is 222 cm³/mol. The highest BCUT2D eigenvalue weighted by atomic mass is 19.3. The van der Waals surface area contributed by atoms with Crippen molar-refractivity contribution < 1.29 is 23.2 Å². The van der Waals surface area contributed by atoms with Crippen LogP contribution in [0.1, 0.15) is 98.6 Å². The second kappa shape index (κ2) is 15.9. The SMILES string of the molecule is [C-]#[N+]c1cncc(C(=O)Nc2cc3cn(C4CCC(CN5CCC6(CC5)CCN(c5cccc7c5n(C)c(=O)n7C5CCC(=O)NC5=O)CC6)CC4)nc3cc2C(F)F)c1. The van der Waals surface area contributed by atoms with Crippen LogP contribution in [-0.2, 0) is 16.6 Å². The van der Waals surface area contributed by atoms with E-state index in [4.69, 9.17) is 11.7 Å². The van der Waals surface area contributed by atoms with Crippen molar-refractivity contribution in [1.82, 2.24) is 34.1 Å². The van der Waals surface area contributed by atoms with Crippen LogP contribution in [0.25, 0.3) is 26.8 Å². The number of aryl methyl sites for hydroxylation is 1. The van der Waals surface area contributed by atoms with Crippen LogP contribution in [0.5, 0.6) is 0 Å². The Morgan fingerprint density at radius 3 is 2.47 bits per heavy atom. The number of nitrogens with zero attached hydrogens (tertiary/aromatic N) is 8. The van der Waals surface area contributed by atoms with Gasteiger partial charge in [0.25, 0.3) is 12.3 Å². The number of aromatic nitrogens is 5. The third-order valence-corrected chi connectivity index (χ3v) is 13.7. The molecule has 14 nitrogen and oxygen atoms in total. The summed E-state index contributed by atoms with van der Waals surface area (Å²) in [5.74, 6) is -0.757. The molecule has 60 heavy (non-hydrogen) atoms. The number of amides is 3. The van der Waals surface area contributed by atoms with Gasteiger partial charge in [-0.05, 0) is 113 Å². The Labute approximate surface area is 345 Å². The number of nitrogens with one attached hydrogen (secondary N) is 2. The Bertz CT molecular complexity index is 2580. The summed E-state index contributed by atoms with van der Waals surface area (Å²) in [6, 6.07) is 9.66. The Kier molecular flexibility index (Phi) is 10.5. The zero-order valence-electron chi connectivity index (χ0n) is 33.6. The lowest BCUT2D eigenvalue weighted by atomic mass is 9.71. The molecular weight excluding hydrogens is 771 g/mol. The smallest absolute Gasteiger partial charge is 0.329 e. The summed E-state index contributed by atoms with van der Waals surface area (Å²) in [6.07, 6.45) is 10.8. The van der Waals surface area contributed by atoms with E-state index in [0.717, 1.165) is 101 Å². The molecule has 1 atom stereocenters. The lowest BCUT2D eigenvalue weighted by Crippen LogP contribution is -2.48. The van der Waals surface area contributed by atoms with Crippen molar-refractivity contribution in [3.05, 3.63) is 88.0 Å². The highest BCUT2D eigenvalue weighted by Gasteiger charge is 2.39. The zero-order valence-corrected chi connectivity index (χ0v) is 33.6. The molecule has 2 N–H and O–H groups in total. The van der Waals surface area contributed by atoms with Gasteiger partial charge in [-0.3, -0.25) is 38.5 Å². The summed E-state index contributed by atoms with van der Waals surface area (Å²) in [6.45, 7) is 12.2. The number of carbonyl (C=O) groups is 3. The van der Waals surface area contributed by atoms with Crippen LogP contribution in [0.3, 0.4) is 0 Å². The van der Waals surface area contributed by atoms with Gasteiger partial charge in [-0.25, -0.2) is 18.4 Å². The number of halogens is 2. The Morgan fingerprint density at radius 2 is 1.75 bits per heavy atom. The van der Waals surface area contributed by atoms with E-state index in [1.54, 1.807) is 22.2 Å². The number of imide groups is 1. The molecule has 1 aliphatic carbocycles. The minimum absolute atomic E-state index is 0.0119. The van der Waals surface area contributed by atoms with Crippen LogP contribution in [0.15, 0.2) is 59.8 Å². The van der Waals surface area contributed by atoms with Crippen molar-refractivity contribution in [2.45, 2.75) is 82.7 Å². The Hall–Kier alpha value is -5.95. The molecule has 4 fully saturated rings. The van der Waals surface area contributed by atoms with Gasteiger partial charge < -0.3 is 15.1 Å². The van der Waals surface area contributed by atoms with Gasteiger partial charge in [-0.15, -0.1) is 0 Å². The molecule has 5 aromatic rings. The molecule has 1 saturated carbocycles. The standard InChI is InChI=1S/C44H48F2N10O4/c1-47-30-20-28(23-48-24-30)41(58)49-34-21-29-26-55(51-33(29)22-32(34)40(45)46)31-8-6-27(7-9-31)25-53-16-12-44(13-17-53)14-18-54(19-15-44)35-4-3-5-36-39(35)52(2)43(60)56(36)37-10-11-38(57)50-42(37)59/h3-5,20-24,26-27,31,37,40H,6-19,25H2,2H3,(H,49,58)(H,50,57,59). The number of alkyl halides is 2. The van der Waals surface area contributed by atoms with Crippen molar-refractivity contribution in [2.75, 3.05) is 42.9 Å². The monoisotopic (exact) mass is 818 g/mol. The summed E-state index contributed by atoms with van der Waals surface area (Å²) in [5.41, 5.74) is 3.07. The van der Waals surface area contributed by atoms with Gasteiger partial charge in [-0.1, -0.05) is 6.07 Å². The molecule has 6 heterocycles. The summed E-state index contributed by atoms with van der Waals surface area (Å²) < 4.78 is 33.5. The van der Waals surface area contributed by atoms with Crippen LogP contribution in [-0.4, -0.2) is 79.2 Å². The number of carbonyl (C=O) groups excluding carboxylic acids is 3. The molecule has 3 aliphatic heterocycles. The van der Waals surface area contributed by atoms with Gasteiger partial charge in [-0.2, -0.15) is 5.10 Å². The number of pyridine rings is 1. The van der Waals surface area contributed by atoms with E-state index in [1.165, 1.54) is 24.5 Å². The largest absolute Gasteiger partial charge is 0.370 e. The molecule has 1 spiro atoms. The van der Waals surface area contributed by atoms with Crippen molar-refractivity contribution in [3.63, 3.8) is 0 Å². The molecular formula is C44H48F2N10O4. The average Bonchev–Trinajstić information content (AvgIpc) is 3.79. The van der Waals surface area contributed by atoms with E-state index in [9.17, 15) is 28.0 Å². The maximum atomic E-state index is 14.2. The van der Waals surface area contributed by atoms with E-state index in [0.29, 0.717) is 28.7 Å². The fourth-order valence-electron chi connectivity index (χ4n) is 10.2. The van der Waals surface area contributed by atoms with Crippen LogP contribution in [0, 0.1) is 17.9 Å². The minimum Gasteiger partial charge on any atom is -0.370 e. The van der Waals surface area contributed by atoms with Crippen molar-refractivity contribution in [3.8, 4) is 0 Å². The van der Waals surface area contributed by atoms with Gasteiger partial charge >= 0.3 is 5.69 Å². The number of likely N-dealkylation sites (tertiary alicyclic amines) is 1. The lowest BCUT2D eigenvalue weighted by Gasteiger charge is -2.48. The van der Waals surface area contributed by atoms with E-state index in [2.05, 4.69) is 36.3 Å². The van der Waals surface area contributed by atoms with Crippen molar-refractivity contribution >= 4 is 56.7 Å². The van der Waals surface area contributed by atoms with Crippen molar-refractivity contribution in [2.24, 2.45) is 18.4 Å².